The molecule has 2 aromatic carbocycles. The summed E-state index contributed by atoms with van der Waals surface area (Å²) in [6.07, 6.45) is 0.980. The number of benzene rings is 2. The van der Waals surface area contributed by atoms with Crippen molar-refractivity contribution >= 4 is 40.5 Å². The predicted octanol–water partition coefficient (Wildman–Crippen LogP) is 2.59. The Morgan fingerprint density at radius 1 is 1.24 bits per heavy atom. The van der Waals surface area contributed by atoms with Gasteiger partial charge in [0.05, 0.1) is 12.8 Å². The van der Waals surface area contributed by atoms with Crippen LogP contribution in [0.25, 0.3) is 0 Å². The first kappa shape index (κ1) is 19.0. The van der Waals surface area contributed by atoms with Crippen molar-refractivity contribution in [3.8, 4) is 0 Å². The average molecular weight is 461 g/mol. The SMILES string of the molecule is NC(=NCc1ccc(I)cc1)NN=Cc1cc(F)cc(F)c1N(O)O. The topological polar surface area (TPSA) is 106 Å². The van der Waals surface area contributed by atoms with Crippen molar-refractivity contribution in [2.24, 2.45) is 15.8 Å². The van der Waals surface area contributed by atoms with Crippen molar-refractivity contribution in [1.82, 2.24) is 5.43 Å². The van der Waals surface area contributed by atoms with Crippen LogP contribution >= 0.6 is 22.6 Å². The van der Waals surface area contributed by atoms with Gasteiger partial charge in [-0.1, -0.05) is 12.1 Å². The van der Waals surface area contributed by atoms with Crippen LogP contribution in [0.15, 0.2) is 46.5 Å². The van der Waals surface area contributed by atoms with Gasteiger partial charge in [0.1, 0.15) is 11.5 Å². The third-order valence-corrected chi connectivity index (χ3v) is 3.70. The maximum absolute atomic E-state index is 13.6. The number of nitrogens with zero attached hydrogens (tertiary/aromatic N) is 3. The van der Waals surface area contributed by atoms with Gasteiger partial charge in [-0.3, -0.25) is 10.4 Å². The van der Waals surface area contributed by atoms with Crippen LogP contribution in [0.5, 0.6) is 0 Å². The normalized spacial score (nSPS) is 11.8. The van der Waals surface area contributed by atoms with E-state index in [-0.39, 0.29) is 11.5 Å². The van der Waals surface area contributed by atoms with Crippen LogP contribution in [0.1, 0.15) is 11.1 Å². The largest absolute Gasteiger partial charge is 0.369 e. The molecule has 0 atom stereocenters. The predicted molar refractivity (Wildman–Crippen MR) is 97.6 cm³/mol. The standard InChI is InChI=1S/C15H14F2IN5O2/c16-11-5-10(14(23(24)25)13(17)6-11)8-21-22-15(19)20-7-9-1-3-12(18)4-2-9/h1-6,8,24-25H,7H2,(H3,19,20,22). The molecule has 132 valence electrons. The number of hydrogen-bond acceptors (Lipinski definition) is 5. The van der Waals surface area contributed by atoms with Gasteiger partial charge < -0.3 is 5.73 Å². The Morgan fingerprint density at radius 3 is 2.56 bits per heavy atom. The second-order valence-corrected chi connectivity index (χ2v) is 6.06. The Labute approximate surface area is 155 Å². The molecule has 0 aliphatic heterocycles. The number of rotatable bonds is 5. The van der Waals surface area contributed by atoms with Crippen molar-refractivity contribution in [1.29, 1.82) is 0 Å². The van der Waals surface area contributed by atoms with E-state index in [1.54, 1.807) is 0 Å². The molecule has 0 fully saturated rings. The molecule has 0 heterocycles. The average Bonchev–Trinajstić information content (AvgIpc) is 2.53. The number of nitrogens with two attached hydrogens (primary N) is 1. The Kier molecular flexibility index (Phi) is 6.61. The zero-order chi connectivity index (χ0) is 18.4. The third-order valence-electron chi connectivity index (χ3n) is 2.99. The molecule has 2 aromatic rings. The number of guanidine groups is 1. The van der Waals surface area contributed by atoms with E-state index in [0.29, 0.717) is 12.6 Å². The van der Waals surface area contributed by atoms with Gasteiger partial charge in [0.2, 0.25) is 5.96 Å². The first-order chi connectivity index (χ1) is 11.9. The van der Waals surface area contributed by atoms with Crippen molar-refractivity contribution in [3.63, 3.8) is 0 Å². The van der Waals surface area contributed by atoms with E-state index in [1.165, 1.54) is 0 Å². The maximum Gasteiger partial charge on any atom is 0.209 e. The second-order valence-electron chi connectivity index (χ2n) is 4.81. The molecular formula is C15H14F2IN5O2. The number of hydrazone groups is 1. The summed E-state index contributed by atoms with van der Waals surface area (Å²) in [5.74, 6) is -2.07. The molecule has 0 radical (unpaired) electrons. The van der Waals surface area contributed by atoms with Gasteiger partial charge in [0.15, 0.2) is 5.82 Å². The molecule has 0 aliphatic carbocycles. The van der Waals surface area contributed by atoms with Crippen LogP contribution in [0, 0.1) is 15.2 Å². The first-order valence-electron chi connectivity index (χ1n) is 6.87. The van der Waals surface area contributed by atoms with Crippen molar-refractivity contribution in [2.45, 2.75) is 6.54 Å². The van der Waals surface area contributed by atoms with Gasteiger partial charge in [0.25, 0.3) is 0 Å². The number of hydrogen-bond donors (Lipinski definition) is 4. The van der Waals surface area contributed by atoms with E-state index in [9.17, 15) is 8.78 Å². The molecule has 0 saturated heterocycles. The fourth-order valence-electron chi connectivity index (χ4n) is 1.86. The number of anilines is 1. The molecule has 5 N–H and O–H groups in total. The molecule has 0 saturated carbocycles. The summed E-state index contributed by atoms with van der Waals surface area (Å²) in [5, 5.41) is 21.2. The Morgan fingerprint density at radius 2 is 1.92 bits per heavy atom. The summed E-state index contributed by atoms with van der Waals surface area (Å²) in [4.78, 5) is 4.06. The fraction of sp³-hybridized carbons (Fsp3) is 0.0667. The Hall–Kier alpha value is -2.31. The Balaban J connectivity index is 2.05. The number of aliphatic imine (C=N–C) groups is 1. The van der Waals surface area contributed by atoms with Gasteiger partial charge in [-0.15, -0.1) is 5.23 Å². The highest BCUT2D eigenvalue weighted by Gasteiger charge is 2.14. The van der Waals surface area contributed by atoms with Crippen LogP contribution in [0.4, 0.5) is 14.5 Å². The lowest BCUT2D eigenvalue weighted by molar-refractivity contribution is 0.0271. The molecule has 7 nitrogen and oxygen atoms in total. The molecule has 0 amide bonds. The highest BCUT2D eigenvalue weighted by molar-refractivity contribution is 14.1. The lowest BCUT2D eigenvalue weighted by Crippen LogP contribution is -2.27. The van der Waals surface area contributed by atoms with Crippen molar-refractivity contribution in [2.75, 3.05) is 5.23 Å². The van der Waals surface area contributed by atoms with Crippen LogP contribution in [-0.4, -0.2) is 22.6 Å². The summed E-state index contributed by atoms with van der Waals surface area (Å²) in [6, 6.07) is 9.06. The summed E-state index contributed by atoms with van der Waals surface area (Å²) in [6.45, 7) is 0.326. The molecule has 0 spiro atoms. The van der Waals surface area contributed by atoms with E-state index in [2.05, 4.69) is 38.1 Å². The van der Waals surface area contributed by atoms with Gasteiger partial charge in [-0.2, -0.15) is 5.10 Å². The molecule has 0 aliphatic rings. The van der Waals surface area contributed by atoms with Crippen LogP contribution in [-0.2, 0) is 6.54 Å². The van der Waals surface area contributed by atoms with Crippen molar-refractivity contribution < 1.29 is 19.2 Å². The molecule has 25 heavy (non-hydrogen) atoms. The van der Waals surface area contributed by atoms with E-state index >= 15 is 0 Å². The lowest BCUT2D eigenvalue weighted by atomic mass is 10.2. The van der Waals surface area contributed by atoms with Crippen LogP contribution in [0.2, 0.25) is 0 Å². The zero-order valence-electron chi connectivity index (χ0n) is 12.7. The zero-order valence-corrected chi connectivity index (χ0v) is 14.9. The molecular weight excluding hydrogens is 447 g/mol. The molecule has 0 unspecified atom stereocenters. The van der Waals surface area contributed by atoms with Crippen LogP contribution in [0.3, 0.4) is 0 Å². The maximum atomic E-state index is 13.6. The van der Waals surface area contributed by atoms with Gasteiger partial charge in [-0.05, 0) is 46.4 Å². The summed E-state index contributed by atoms with van der Waals surface area (Å²) < 4.78 is 27.9. The Bertz CT molecular complexity index is 797. The highest BCUT2D eigenvalue weighted by atomic mass is 127. The second kappa shape index (κ2) is 8.69. The summed E-state index contributed by atoms with van der Waals surface area (Å²) in [7, 11) is 0. The minimum atomic E-state index is -1.16. The monoisotopic (exact) mass is 461 g/mol. The smallest absolute Gasteiger partial charge is 0.209 e. The van der Waals surface area contributed by atoms with Gasteiger partial charge >= 0.3 is 0 Å². The van der Waals surface area contributed by atoms with E-state index in [0.717, 1.165) is 21.4 Å². The third kappa shape index (κ3) is 5.62. The van der Waals surface area contributed by atoms with E-state index in [1.807, 2.05) is 24.3 Å². The number of nitrogens with one attached hydrogen (secondary N) is 1. The quantitative estimate of drug-likeness (QED) is 0.237. The van der Waals surface area contributed by atoms with E-state index < -0.39 is 22.5 Å². The minimum Gasteiger partial charge on any atom is -0.369 e. The summed E-state index contributed by atoms with van der Waals surface area (Å²) >= 11 is 2.19. The first-order valence-corrected chi connectivity index (χ1v) is 7.95. The fourth-order valence-corrected chi connectivity index (χ4v) is 2.22. The molecule has 0 aromatic heterocycles. The van der Waals surface area contributed by atoms with Gasteiger partial charge in [-0.25, -0.2) is 19.2 Å². The van der Waals surface area contributed by atoms with Crippen LogP contribution < -0.4 is 16.4 Å². The molecule has 10 heteroatoms. The molecule has 2 rings (SSSR count). The summed E-state index contributed by atoms with van der Waals surface area (Å²) in [5.41, 5.74) is 8.11. The van der Waals surface area contributed by atoms with Crippen molar-refractivity contribution in [3.05, 3.63) is 62.7 Å². The number of halogens is 3. The molecule has 0 bridgehead atoms. The highest BCUT2D eigenvalue weighted by Crippen LogP contribution is 2.22. The minimum absolute atomic E-state index is 0.0157. The lowest BCUT2D eigenvalue weighted by Gasteiger charge is -2.12. The van der Waals surface area contributed by atoms with Gasteiger partial charge in [0, 0.05) is 15.2 Å². The van der Waals surface area contributed by atoms with E-state index in [4.69, 9.17) is 16.1 Å².